The molecule has 1 aliphatic rings. The van der Waals surface area contributed by atoms with Gasteiger partial charge < -0.3 is 9.64 Å². The number of Topliss-reactive ketones (excluding diaryl/α,β-unsaturated/α-hetero) is 1. The lowest BCUT2D eigenvalue weighted by molar-refractivity contribution is 0.100. The summed E-state index contributed by atoms with van der Waals surface area (Å²) in [6, 6.07) is 13.3. The number of halogens is 2. The van der Waals surface area contributed by atoms with Gasteiger partial charge in [0.15, 0.2) is 11.0 Å². The normalized spacial score (nSPS) is 13.3. The topological polar surface area (TPSA) is 41.9 Å². The van der Waals surface area contributed by atoms with Gasteiger partial charge in [-0.3, -0.25) is 9.79 Å². The fraction of sp³-hybridized carbons (Fsp3) is 0.300. The minimum atomic E-state index is -0.350. The molecule has 27 heavy (non-hydrogen) atoms. The number of rotatable bonds is 6. The molecule has 1 heterocycles. The Morgan fingerprint density at radius 2 is 1.89 bits per heavy atom. The van der Waals surface area contributed by atoms with Crippen LogP contribution >= 0.6 is 28.7 Å². The molecule has 0 atom stereocenters. The average molecular weight is 453 g/mol. The number of amidine groups is 1. The Kier molecular flexibility index (Phi) is 8.31. The number of ether oxygens (including phenoxy) is 1. The van der Waals surface area contributed by atoms with E-state index in [1.54, 1.807) is 11.8 Å². The molecule has 0 spiro atoms. The highest BCUT2D eigenvalue weighted by atomic mass is 79.9. The number of nitrogens with zero attached hydrogens (tertiary/aromatic N) is 2. The second-order valence-electron chi connectivity index (χ2n) is 5.81. The minimum absolute atomic E-state index is 0. The highest BCUT2D eigenvalue weighted by molar-refractivity contribution is 8.93. The highest BCUT2D eigenvalue weighted by Gasteiger charge is 2.20. The third-order valence-corrected chi connectivity index (χ3v) is 5.04. The number of hydrogen-bond donors (Lipinski definition) is 0. The minimum Gasteiger partial charge on any atom is -0.494 e. The molecule has 0 N–H and O–H groups in total. The van der Waals surface area contributed by atoms with Crippen molar-refractivity contribution in [3.05, 3.63) is 59.9 Å². The molecule has 0 saturated heterocycles. The highest BCUT2D eigenvalue weighted by Crippen LogP contribution is 2.25. The summed E-state index contributed by atoms with van der Waals surface area (Å²) in [6.45, 7) is 3.47. The maximum absolute atomic E-state index is 13.1. The van der Waals surface area contributed by atoms with E-state index >= 15 is 0 Å². The zero-order chi connectivity index (χ0) is 18.4. The van der Waals surface area contributed by atoms with Gasteiger partial charge in [-0.05, 0) is 61.9 Å². The number of anilines is 1. The Morgan fingerprint density at radius 3 is 2.48 bits per heavy atom. The van der Waals surface area contributed by atoms with E-state index in [2.05, 4.69) is 4.99 Å². The van der Waals surface area contributed by atoms with Crippen LogP contribution < -0.4 is 9.64 Å². The van der Waals surface area contributed by atoms with E-state index in [0.29, 0.717) is 12.2 Å². The molecule has 0 bridgehead atoms. The van der Waals surface area contributed by atoms with Gasteiger partial charge in [-0.2, -0.15) is 0 Å². The van der Waals surface area contributed by atoms with Gasteiger partial charge in [0.25, 0.3) is 0 Å². The fourth-order valence-electron chi connectivity index (χ4n) is 2.64. The molecule has 4 nitrogen and oxygen atoms in total. The number of thioether (sulfide) groups is 1. The maximum Gasteiger partial charge on any atom is 0.182 e. The third kappa shape index (κ3) is 5.81. The molecule has 2 aromatic rings. The van der Waals surface area contributed by atoms with Gasteiger partial charge in [0.05, 0.1) is 13.2 Å². The Balaban J connectivity index is 0.00000261. The Morgan fingerprint density at radius 1 is 1.19 bits per heavy atom. The monoisotopic (exact) mass is 452 g/mol. The number of carbonyl (C=O) groups excluding carboxylic acids is 1. The van der Waals surface area contributed by atoms with E-state index in [1.807, 2.05) is 36.1 Å². The van der Waals surface area contributed by atoms with E-state index in [-0.39, 0.29) is 35.1 Å². The van der Waals surface area contributed by atoms with Gasteiger partial charge in [0.1, 0.15) is 11.6 Å². The SMILES string of the molecule is Br.CCOc1ccc(N(CC(=O)c2ccc(F)cc2)C2=NCCCS2)cc1. The van der Waals surface area contributed by atoms with Crippen molar-refractivity contribution in [1.82, 2.24) is 0 Å². The fourth-order valence-corrected chi connectivity index (χ4v) is 3.61. The van der Waals surface area contributed by atoms with E-state index in [0.717, 1.165) is 35.3 Å². The smallest absolute Gasteiger partial charge is 0.182 e. The molecule has 0 aromatic heterocycles. The first kappa shape index (κ1) is 21.4. The summed E-state index contributed by atoms with van der Waals surface area (Å²) >= 11 is 1.65. The Labute approximate surface area is 173 Å². The van der Waals surface area contributed by atoms with Crippen molar-refractivity contribution in [3.8, 4) is 5.75 Å². The van der Waals surface area contributed by atoms with E-state index < -0.39 is 0 Å². The first-order valence-electron chi connectivity index (χ1n) is 8.64. The first-order valence-corrected chi connectivity index (χ1v) is 9.62. The van der Waals surface area contributed by atoms with Crippen molar-refractivity contribution in [2.24, 2.45) is 4.99 Å². The number of hydrogen-bond acceptors (Lipinski definition) is 5. The van der Waals surface area contributed by atoms with E-state index in [4.69, 9.17) is 4.74 Å². The molecule has 0 fully saturated rings. The number of benzene rings is 2. The molecule has 1 aliphatic heterocycles. The molecule has 0 radical (unpaired) electrons. The predicted molar refractivity (Wildman–Crippen MR) is 115 cm³/mol. The molecular formula is C20H22BrFN2O2S. The zero-order valence-corrected chi connectivity index (χ0v) is 17.6. The largest absolute Gasteiger partial charge is 0.494 e. The van der Waals surface area contributed by atoms with Gasteiger partial charge in [0.2, 0.25) is 0 Å². The van der Waals surface area contributed by atoms with Crippen LogP contribution in [0.5, 0.6) is 5.75 Å². The lowest BCUT2D eigenvalue weighted by Gasteiger charge is -2.27. The van der Waals surface area contributed by atoms with Gasteiger partial charge in [-0.1, -0.05) is 11.8 Å². The molecule has 3 rings (SSSR count). The molecular weight excluding hydrogens is 431 g/mol. The Bertz CT molecular complexity index is 782. The molecule has 0 aliphatic carbocycles. The lowest BCUT2D eigenvalue weighted by Crippen LogP contribution is -2.35. The molecule has 0 amide bonds. The first-order chi connectivity index (χ1) is 12.7. The Hall–Kier alpha value is -1.86. The molecule has 0 saturated carbocycles. The summed E-state index contributed by atoms with van der Waals surface area (Å²) in [4.78, 5) is 19.2. The van der Waals surface area contributed by atoms with Crippen molar-refractivity contribution < 1.29 is 13.9 Å². The quantitative estimate of drug-likeness (QED) is 0.579. The average Bonchev–Trinajstić information content (AvgIpc) is 2.68. The molecule has 7 heteroatoms. The van der Waals surface area contributed by atoms with E-state index in [9.17, 15) is 9.18 Å². The van der Waals surface area contributed by atoms with Gasteiger partial charge in [0, 0.05) is 23.5 Å². The van der Waals surface area contributed by atoms with Crippen molar-refractivity contribution >= 4 is 45.4 Å². The van der Waals surface area contributed by atoms with Crippen LogP contribution in [0.1, 0.15) is 23.7 Å². The van der Waals surface area contributed by atoms with Crippen LogP contribution in [0.25, 0.3) is 0 Å². The number of carbonyl (C=O) groups is 1. The van der Waals surface area contributed by atoms with Crippen LogP contribution in [0.2, 0.25) is 0 Å². The van der Waals surface area contributed by atoms with Crippen molar-refractivity contribution in [3.63, 3.8) is 0 Å². The van der Waals surface area contributed by atoms with Crippen LogP contribution in [-0.4, -0.2) is 36.4 Å². The lowest BCUT2D eigenvalue weighted by atomic mass is 10.1. The van der Waals surface area contributed by atoms with E-state index in [1.165, 1.54) is 24.3 Å². The van der Waals surface area contributed by atoms with Crippen LogP contribution in [0.3, 0.4) is 0 Å². The van der Waals surface area contributed by atoms with Crippen LogP contribution in [0.15, 0.2) is 53.5 Å². The zero-order valence-electron chi connectivity index (χ0n) is 15.1. The van der Waals surface area contributed by atoms with Gasteiger partial charge >= 0.3 is 0 Å². The summed E-state index contributed by atoms with van der Waals surface area (Å²) in [5.41, 5.74) is 1.38. The molecule has 0 unspecified atom stereocenters. The summed E-state index contributed by atoms with van der Waals surface area (Å²) in [6.07, 6.45) is 1.04. The van der Waals surface area contributed by atoms with Crippen LogP contribution in [0, 0.1) is 5.82 Å². The number of aliphatic imine (C=N–C) groups is 1. The summed E-state index contributed by atoms with van der Waals surface area (Å²) < 4.78 is 18.6. The number of ketones is 1. The standard InChI is InChI=1S/C20H21FN2O2S.BrH/c1-2-25-18-10-8-17(9-11-18)23(20-22-12-3-13-26-20)14-19(24)15-4-6-16(21)7-5-15;/h4-11H,2-3,12-14H2,1H3;1H. The van der Waals surface area contributed by atoms with Crippen molar-refractivity contribution in [2.75, 3.05) is 30.3 Å². The second kappa shape index (κ2) is 10.5. The molecule has 144 valence electrons. The van der Waals surface area contributed by atoms with Gasteiger partial charge in [-0.15, -0.1) is 17.0 Å². The molecule has 2 aromatic carbocycles. The second-order valence-corrected chi connectivity index (χ2v) is 6.87. The van der Waals surface area contributed by atoms with Crippen LogP contribution in [0.4, 0.5) is 10.1 Å². The van der Waals surface area contributed by atoms with Crippen molar-refractivity contribution in [1.29, 1.82) is 0 Å². The summed E-state index contributed by atoms with van der Waals surface area (Å²) in [5.74, 6) is 1.35. The predicted octanol–water partition coefficient (Wildman–Crippen LogP) is 4.98. The maximum atomic E-state index is 13.1. The summed E-state index contributed by atoms with van der Waals surface area (Å²) in [5, 5.41) is 0.843. The van der Waals surface area contributed by atoms with Gasteiger partial charge in [-0.25, -0.2) is 4.39 Å². The van der Waals surface area contributed by atoms with Crippen LogP contribution in [-0.2, 0) is 0 Å². The summed E-state index contributed by atoms with van der Waals surface area (Å²) in [7, 11) is 0. The van der Waals surface area contributed by atoms with Crippen molar-refractivity contribution in [2.45, 2.75) is 13.3 Å². The third-order valence-electron chi connectivity index (χ3n) is 3.94.